The number of esters is 1. The largest absolute Gasteiger partial charge is 0.467 e. The van der Waals surface area contributed by atoms with Crippen molar-refractivity contribution in [2.24, 2.45) is 5.92 Å². The summed E-state index contributed by atoms with van der Waals surface area (Å²) in [5, 5.41) is 3.01. The van der Waals surface area contributed by atoms with E-state index in [4.69, 9.17) is 4.74 Å². The zero-order valence-electron chi connectivity index (χ0n) is 16.6. The number of nitrogens with one attached hydrogen (secondary N) is 1. The van der Waals surface area contributed by atoms with E-state index >= 15 is 0 Å². The molecule has 3 rings (SSSR count). The summed E-state index contributed by atoms with van der Waals surface area (Å²) in [5.41, 5.74) is 0.0753. The molecule has 0 spiro atoms. The Kier molecular flexibility index (Phi) is 6.70. The maximum absolute atomic E-state index is 13.0. The number of methoxy groups -OCH3 is 1. The summed E-state index contributed by atoms with van der Waals surface area (Å²) >= 11 is 0. The maximum atomic E-state index is 13.0. The number of likely N-dealkylation sites (tertiary alicyclic amines) is 1. The number of amides is 2. The molecule has 1 N–H and O–H groups in total. The van der Waals surface area contributed by atoms with Crippen LogP contribution in [0.15, 0.2) is 30.3 Å². The number of carbonyl (C=O) groups excluding carboxylic acids is 3. The molecule has 1 unspecified atom stereocenters. The number of rotatable bonds is 5. The van der Waals surface area contributed by atoms with Gasteiger partial charge in [0.15, 0.2) is 0 Å². The lowest BCUT2D eigenvalue weighted by Crippen LogP contribution is -2.58. The van der Waals surface area contributed by atoms with Gasteiger partial charge >= 0.3 is 5.97 Å². The van der Waals surface area contributed by atoms with Gasteiger partial charge in [-0.3, -0.25) is 9.59 Å². The van der Waals surface area contributed by atoms with Crippen molar-refractivity contribution in [2.45, 2.75) is 56.9 Å². The minimum absolute atomic E-state index is 0.0454. The van der Waals surface area contributed by atoms with E-state index in [0.717, 1.165) is 37.7 Å². The van der Waals surface area contributed by atoms with Crippen LogP contribution in [0.3, 0.4) is 0 Å². The second-order valence-electron chi connectivity index (χ2n) is 7.96. The molecular formula is C22H30N2O4. The number of carbonyl (C=O) groups is 3. The van der Waals surface area contributed by atoms with Crippen LogP contribution in [-0.4, -0.2) is 48.4 Å². The Bertz CT molecular complexity index is 698. The Morgan fingerprint density at radius 3 is 2.50 bits per heavy atom. The van der Waals surface area contributed by atoms with E-state index in [1.54, 1.807) is 4.90 Å². The van der Waals surface area contributed by atoms with Crippen molar-refractivity contribution in [3.8, 4) is 0 Å². The van der Waals surface area contributed by atoms with Gasteiger partial charge in [0.1, 0.15) is 5.54 Å². The number of benzene rings is 1. The molecule has 1 atom stereocenters. The van der Waals surface area contributed by atoms with Gasteiger partial charge in [0.2, 0.25) is 11.8 Å². The summed E-state index contributed by atoms with van der Waals surface area (Å²) in [4.78, 5) is 39.8. The van der Waals surface area contributed by atoms with E-state index in [1.807, 2.05) is 30.3 Å². The number of hydrogen-bond acceptors (Lipinski definition) is 4. The normalized spacial score (nSPS) is 21.6. The number of piperidine rings is 1. The van der Waals surface area contributed by atoms with E-state index in [-0.39, 0.29) is 23.7 Å². The summed E-state index contributed by atoms with van der Waals surface area (Å²) in [6.45, 7) is 1.09. The quantitative estimate of drug-likeness (QED) is 0.789. The third-order valence-corrected chi connectivity index (χ3v) is 5.99. The van der Waals surface area contributed by atoms with E-state index in [1.165, 1.54) is 7.11 Å². The van der Waals surface area contributed by atoms with Gasteiger partial charge in [-0.2, -0.15) is 0 Å². The third-order valence-electron chi connectivity index (χ3n) is 5.99. The highest BCUT2D eigenvalue weighted by Gasteiger charge is 2.43. The van der Waals surface area contributed by atoms with Crippen molar-refractivity contribution >= 4 is 17.8 Å². The van der Waals surface area contributed by atoms with Crippen LogP contribution >= 0.6 is 0 Å². The van der Waals surface area contributed by atoms with Gasteiger partial charge < -0.3 is 15.0 Å². The van der Waals surface area contributed by atoms with Gasteiger partial charge in [-0.25, -0.2) is 4.79 Å². The molecule has 2 aliphatic rings. The van der Waals surface area contributed by atoms with Crippen LogP contribution in [0.4, 0.5) is 0 Å². The molecule has 6 nitrogen and oxygen atoms in total. The number of hydrogen-bond donors (Lipinski definition) is 1. The zero-order chi connectivity index (χ0) is 20.0. The first kappa shape index (κ1) is 20.4. The van der Waals surface area contributed by atoms with Crippen molar-refractivity contribution in [2.75, 3.05) is 20.2 Å². The van der Waals surface area contributed by atoms with Gasteiger partial charge in [0.05, 0.1) is 19.4 Å². The molecular weight excluding hydrogens is 356 g/mol. The fraction of sp³-hybridized carbons (Fsp3) is 0.591. The molecule has 1 saturated carbocycles. The number of nitrogens with zero attached hydrogens (tertiary/aromatic N) is 1. The van der Waals surface area contributed by atoms with Crippen LogP contribution in [-0.2, 0) is 25.5 Å². The molecule has 0 radical (unpaired) electrons. The predicted molar refractivity (Wildman–Crippen MR) is 105 cm³/mol. The topological polar surface area (TPSA) is 75.7 Å². The third kappa shape index (κ3) is 4.72. The molecule has 1 aromatic rings. The molecule has 1 heterocycles. The van der Waals surface area contributed by atoms with E-state index < -0.39 is 5.54 Å². The molecule has 0 aromatic heterocycles. The summed E-state index contributed by atoms with van der Waals surface area (Å²) < 4.78 is 4.99. The standard InChI is InChI=1S/C22H30N2O4/c1-28-21(27)22(12-6-3-7-13-22)23-20(26)18-11-8-14-24(16-18)19(25)15-17-9-4-2-5-10-17/h2,4-5,9-10,18H,3,6-8,11-16H2,1H3,(H,23,26). The van der Waals surface area contributed by atoms with Crippen molar-refractivity contribution in [1.82, 2.24) is 10.2 Å². The minimum Gasteiger partial charge on any atom is -0.467 e. The van der Waals surface area contributed by atoms with Crippen molar-refractivity contribution in [3.05, 3.63) is 35.9 Å². The smallest absolute Gasteiger partial charge is 0.331 e. The monoisotopic (exact) mass is 386 g/mol. The van der Waals surface area contributed by atoms with Crippen LogP contribution in [0.5, 0.6) is 0 Å². The molecule has 0 bridgehead atoms. The van der Waals surface area contributed by atoms with Gasteiger partial charge in [0, 0.05) is 13.1 Å². The molecule has 1 aliphatic heterocycles. The van der Waals surface area contributed by atoms with Crippen LogP contribution in [0, 0.1) is 5.92 Å². The second-order valence-corrected chi connectivity index (χ2v) is 7.96. The first-order valence-corrected chi connectivity index (χ1v) is 10.3. The lowest BCUT2D eigenvalue weighted by molar-refractivity contribution is -0.153. The fourth-order valence-electron chi connectivity index (χ4n) is 4.37. The van der Waals surface area contributed by atoms with Crippen molar-refractivity contribution in [3.63, 3.8) is 0 Å². The van der Waals surface area contributed by atoms with Crippen molar-refractivity contribution < 1.29 is 19.1 Å². The Hall–Kier alpha value is -2.37. The molecule has 1 aliphatic carbocycles. The molecule has 2 amide bonds. The van der Waals surface area contributed by atoms with Gasteiger partial charge in [-0.15, -0.1) is 0 Å². The first-order chi connectivity index (χ1) is 13.5. The van der Waals surface area contributed by atoms with Crippen LogP contribution in [0.2, 0.25) is 0 Å². The van der Waals surface area contributed by atoms with E-state index in [2.05, 4.69) is 5.32 Å². The zero-order valence-corrected chi connectivity index (χ0v) is 16.6. The second kappa shape index (κ2) is 9.22. The fourth-order valence-corrected chi connectivity index (χ4v) is 4.37. The summed E-state index contributed by atoms with van der Waals surface area (Å²) in [6.07, 6.45) is 6.00. The highest BCUT2D eigenvalue weighted by atomic mass is 16.5. The first-order valence-electron chi connectivity index (χ1n) is 10.3. The Balaban J connectivity index is 1.62. The van der Waals surface area contributed by atoms with Crippen LogP contribution in [0.1, 0.15) is 50.5 Å². The Morgan fingerprint density at radius 2 is 1.82 bits per heavy atom. The van der Waals surface area contributed by atoms with E-state index in [9.17, 15) is 14.4 Å². The lowest BCUT2D eigenvalue weighted by Gasteiger charge is -2.38. The predicted octanol–water partition coefficient (Wildman–Crippen LogP) is 2.46. The Labute approximate surface area is 166 Å². The molecule has 2 fully saturated rings. The number of ether oxygens (including phenoxy) is 1. The summed E-state index contributed by atoms with van der Waals surface area (Å²) in [6, 6.07) is 9.65. The average molecular weight is 386 g/mol. The molecule has 6 heteroatoms. The van der Waals surface area contributed by atoms with Gasteiger partial charge in [0.25, 0.3) is 0 Å². The van der Waals surface area contributed by atoms with Gasteiger partial charge in [-0.05, 0) is 31.2 Å². The van der Waals surface area contributed by atoms with Gasteiger partial charge in [-0.1, -0.05) is 49.6 Å². The van der Waals surface area contributed by atoms with Crippen LogP contribution in [0.25, 0.3) is 0 Å². The maximum Gasteiger partial charge on any atom is 0.331 e. The molecule has 1 saturated heterocycles. The summed E-state index contributed by atoms with van der Waals surface area (Å²) in [7, 11) is 1.37. The minimum atomic E-state index is -0.902. The summed E-state index contributed by atoms with van der Waals surface area (Å²) in [5.74, 6) is -0.723. The average Bonchev–Trinajstić information content (AvgIpc) is 2.74. The SMILES string of the molecule is COC(=O)C1(NC(=O)C2CCCN(C(=O)Cc3ccccc3)C2)CCCCC1. The Morgan fingerprint density at radius 1 is 1.11 bits per heavy atom. The van der Waals surface area contributed by atoms with Crippen molar-refractivity contribution in [1.29, 1.82) is 0 Å². The molecule has 1 aromatic carbocycles. The molecule has 28 heavy (non-hydrogen) atoms. The van der Waals surface area contributed by atoms with E-state index in [0.29, 0.717) is 32.4 Å². The highest BCUT2D eigenvalue weighted by Crippen LogP contribution is 2.30. The lowest BCUT2D eigenvalue weighted by atomic mass is 9.81. The molecule has 152 valence electrons. The van der Waals surface area contributed by atoms with Crippen LogP contribution < -0.4 is 5.32 Å². The highest BCUT2D eigenvalue weighted by molar-refractivity contribution is 5.89.